The largest absolute Gasteiger partial charge is 0.393 e. The van der Waals surface area contributed by atoms with Gasteiger partial charge in [-0.3, -0.25) is 0 Å². The van der Waals surface area contributed by atoms with E-state index < -0.39 is 18.3 Å². The van der Waals surface area contributed by atoms with Gasteiger partial charge in [0, 0.05) is 31.8 Å². The number of ether oxygens (including phenoxy) is 1. The van der Waals surface area contributed by atoms with Gasteiger partial charge in [0.25, 0.3) is 0 Å². The molecule has 5 atom stereocenters. The van der Waals surface area contributed by atoms with Gasteiger partial charge in [0.1, 0.15) is 5.78 Å². The molecular formula is C27H42O5. The smallest absolute Gasteiger partial charge is 0.129 e. The fraction of sp³-hybridized carbons (Fsp3) is 0.593. The Morgan fingerprint density at radius 3 is 2.56 bits per heavy atom. The topological polar surface area (TPSA) is 87.0 Å². The molecule has 3 N–H and O–H groups in total. The van der Waals surface area contributed by atoms with Crippen molar-refractivity contribution in [2.75, 3.05) is 6.61 Å². The molecule has 180 valence electrons. The number of hydrogen-bond acceptors (Lipinski definition) is 5. The summed E-state index contributed by atoms with van der Waals surface area (Å²) < 4.78 is 5.61. The molecule has 0 amide bonds. The molecule has 5 heteroatoms. The monoisotopic (exact) mass is 446 g/mol. The minimum absolute atomic E-state index is 0.0677. The van der Waals surface area contributed by atoms with Crippen LogP contribution in [0.4, 0.5) is 0 Å². The standard InChI is InChI=1S/C25H36O5.C2H6/c1-19(26)9-5-2-3-8-12-22-23(25(29)17-24(22)28)14-13-21(27)15-16-30-18-20-10-6-4-7-11-20;1-2/h3-4,6-8,10-11,13-14,21-25,27-29H,2,5,9,12,15-18H2,1H3;1-2H3/b8-3-,14-13?;/t21-,22-,23-,24+,25-;/m1./s1. The number of hydrogen-bond donors (Lipinski definition) is 3. The van der Waals surface area contributed by atoms with Crippen LogP contribution < -0.4 is 0 Å². The highest BCUT2D eigenvalue weighted by Crippen LogP contribution is 2.36. The first-order valence-corrected chi connectivity index (χ1v) is 12.0. The third-order valence-electron chi connectivity index (χ3n) is 5.62. The van der Waals surface area contributed by atoms with Crippen molar-refractivity contribution < 1.29 is 24.9 Å². The van der Waals surface area contributed by atoms with Gasteiger partial charge in [-0.25, -0.2) is 0 Å². The minimum Gasteiger partial charge on any atom is -0.393 e. The zero-order valence-electron chi connectivity index (χ0n) is 19.9. The summed E-state index contributed by atoms with van der Waals surface area (Å²) in [6.45, 7) is 6.56. The van der Waals surface area contributed by atoms with Crippen LogP contribution in [0.5, 0.6) is 0 Å². The van der Waals surface area contributed by atoms with Crippen molar-refractivity contribution in [2.45, 2.75) is 84.2 Å². The molecule has 0 heterocycles. The number of aliphatic hydroxyl groups is 3. The lowest BCUT2D eigenvalue weighted by Gasteiger charge is -2.19. The maximum Gasteiger partial charge on any atom is 0.129 e. The Labute approximate surface area is 193 Å². The molecule has 5 nitrogen and oxygen atoms in total. The van der Waals surface area contributed by atoms with Crippen LogP contribution in [-0.2, 0) is 16.1 Å². The van der Waals surface area contributed by atoms with Gasteiger partial charge >= 0.3 is 0 Å². The number of carbonyl (C=O) groups is 1. The first-order valence-electron chi connectivity index (χ1n) is 12.0. The SMILES string of the molecule is CC.CC(=O)CCC/C=C\C[C@@H]1[C@@H](C=C[C@@H](O)CCOCc2ccccc2)[C@H](O)C[C@@H]1O. The predicted molar refractivity (Wildman–Crippen MR) is 129 cm³/mol. The van der Waals surface area contributed by atoms with Crippen LogP contribution >= 0.6 is 0 Å². The van der Waals surface area contributed by atoms with E-state index >= 15 is 0 Å². The van der Waals surface area contributed by atoms with Gasteiger partial charge in [0.05, 0.1) is 24.9 Å². The Morgan fingerprint density at radius 1 is 1.16 bits per heavy atom. The number of benzene rings is 1. The highest BCUT2D eigenvalue weighted by Gasteiger charge is 2.39. The molecule has 1 saturated carbocycles. The van der Waals surface area contributed by atoms with Crippen LogP contribution in [0.2, 0.25) is 0 Å². The second-order valence-electron chi connectivity index (χ2n) is 8.19. The molecule has 0 unspecified atom stereocenters. The molecule has 1 aromatic rings. The van der Waals surface area contributed by atoms with Crippen molar-refractivity contribution in [1.82, 2.24) is 0 Å². The molecule has 0 spiro atoms. The Hall–Kier alpha value is -1.79. The predicted octanol–water partition coefficient (Wildman–Crippen LogP) is 4.60. The maximum absolute atomic E-state index is 11.0. The number of unbranched alkanes of at least 4 members (excludes halogenated alkanes) is 1. The average molecular weight is 447 g/mol. The summed E-state index contributed by atoms with van der Waals surface area (Å²) in [5.74, 6) is -0.0458. The Morgan fingerprint density at radius 2 is 1.88 bits per heavy atom. The van der Waals surface area contributed by atoms with Gasteiger partial charge < -0.3 is 24.9 Å². The third-order valence-corrected chi connectivity index (χ3v) is 5.62. The van der Waals surface area contributed by atoms with Gasteiger partial charge in [0.2, 0.25) is 0 Å². The lowest BCUT2D eigenvalue weighted by atomic mass is 9.89. The molecule has 0 radical (unpaired) electrons. The third kappa shape index (κ3) is 11.2. The molecule has 32 heavy (non-hydrogen) atoms. The first kappa shape index (κ1) is 28.2. The Bertz CT molecular complexity index is 670. The highest BCUT2D eigenvalue weighted by atomic mass is 16.5. The number of allylic oxidation sites excluding steroid dienone is 2. The van der Waals surface area contributed by atoms with Gasteiger partial charge in [-0.15, -0.1) is 0 Å². The van der Waals surface area contributed by atoms with E-state index in [1.807, 2.05) is 62.4 Å². The number of carbonyl (C=O) groups excluding carboxylic acids is 1. The molecule has 0 aromatic heterocycles. The zero-order chi connectivity index (χ0) is 23.8. The molecule has 0 bridgehead atoms. The van der Waals surface area contributed by atoms with Crippen LogP contribution in [-0.4, -0.2) is 46.0 Å². The van der Waals surface area contributed by atoms with E-state index in [-0.39, 0.29) is 17.6 Å². The summed E-state index contributed by atoms with van der Waals surface area (Å²) in [7, 11) is 0. The van der Waals surface area contributed by atoms with Crippen LogP contribution in [0, 0.1) is 11.8 Å². The minimum atomic E-state index is -0.645. The summed E-state index contributed by atoms with van der Waals surface area (Å²) in [6.07, 6.45) is 9.60. The van der Waals surface area contributed by atoms with E-state index in [1.165, 1.54) is 0 Å². The Balaban J connectivity index is 0.00000249. The van der Waals surface area contributed by atoms with Crippen molar-refractivity contribution in [3.63, 3.8) is 0 Å². The first-order chi connectivity index (χ1) is 15.5. The van der Waals surface area contributed by atoms with E-state index in [4.69, 9.17) is 4.74 Å². The van der Waals surface area contributed by atoms with E-state index in [9.17, 15) is 20.1 Å². The maximum atomic E-state index is 11.0. The number of ketones is 1. The van der Waals surface area contributed by atoms with Crippen LogP contribution in [0.3, 0.4) is 0 Å². The molecule has 1 aliphatic carbocycles. The van der Waals surface area contributed by atoms with Crippen LogP contribution in [0.15, 0.2) is 54.6 Å². The van der Waals surface area contributed by atoms with E-state index in [0.717, 1.165) is 18.4 Å². The number of aliphatic hydroxyl groups excluding tert-OH is 3. The summed E-state index contributed by atoms with van der Waals surface area (Å²) >= 11 is 0. The fourth-order valence-corrected chi connectivity index (χ4v) is 3.87. The quantitative estimate of drug-likeness (QED) is 0.304. The molecular weight excluding hydrogens is 404 g/mol. The second kappa shape index (κ2) is 16.8. The molecule has 2 rings (SSSR count). The molecule has 0 saturated heterocycles. The van der Waals surface area contributed by atoms with E-state index in [1.54, 1.807) is 13.0 Å². The van der Waals surface area contributed by atoms with Crippen LogP contribution in [0.25, 0.3) is 0 Å². The lowest BCUT2D eigenvalue weighted by molar-refractivity contribution is -0.117. The van der Waals surface area contributed by atoms with E-state index in [0.29, 0.717) is 38.9 Å². The van der Waals surface area contributed by atoms with Gasteiger partial charge in [0.15, 0.2) is 0 Å². The molecule has 1 fully saturated rings. The van der Waals surface area contributed by atoms with Crippen LogP contribution in [0.1, 0.15) is 64.9 Å². The lowest BCUT2D eigenvalue weighted by Crippen LogP contribution is -2.20. The summed E-state index contributed by atoms with van der Waals surface area (Å²) in [5, 5.41) is 30.8. The van der Waals surface area contributed by atoms with Crippen molar-refractivity contribution in [3.8, 4) is 0 Å². The van der Waals surface area contributed by atoms with Gasteiger partial charge in [-0.2, -0.15) is 0 Å². The summed E-state index contributed by atoms with van der Waals surface area (Å²) in [6, 6.07) is 9.90. The van der Waals surface area contributed by atoms with Gasteiger partial charge in [-0.1, -0.05) is 68.5 Å². The highest BCUT2D eigenvalue weighted by molar-refractivity contribution is 5.75. The van der Waals surface area contributed by atoms with Crippen molar-refractivity contribution in [2.24, 2.45) is 11.8 Å². The van der Waals surface area contributed by atoms with E-state index in [2.05, 4.69) is 0 Å². The normalized spacial score (nSPS) is 23.9. The van der Waals surface area contributed by atoms with Crippen molar-refractivity contribution in [1.29, 1.82) is 0 Å². The average Bonchev–Trinajstić information content (AvgIpc) is 3.06. The van der Waals surface area contributed by atoms with Crippen molar-refractivity contribution in [3.05, 3.63) is 60.2 Å². The summed E-state index contributed by atoms with van der Waals surface area (Å²) in [5.41, 5.74) is 1.10. The zero-order valence-corrected chi connectivity index (χ0v) is 19.9. The van der Waals surface area contributed by atoms with Gasteiger partial charge in [-0.05, 0) is 37.7 Å². The molecule has 0 aliphatic heterocycles. The number of rotatable bonds is 13. The fourth-order valence-electron chi connectivity index (χ4n) is 3.87. The molecule has 1 aliphatic rings. The summed E-state index contributed by atoms with van der Waals surface area (Å²) in [4.78, 5) is 11.0. The van der Waals surface area contributed by atoms with Crippen molar-refractivity contribution >= 4 is 5.78 Å². The number of Topliss-reactive ketones (excluding diaryl/α,β-unsaturated/α-hetero) is 1. The molecule has 1 aromatic carbocycles. The second-order valence-corrected chi connectivity index (χ2v) is 8.19. The Kier molecular flexibility index (Phi) is 14.8.